The minimum atomic E-state index is -3.71. The summed E-state index contributed by atoms with van der Waals surface area (Å²) < 4.78 is 31.0. The maximum atomic E-state index is 12.6. The second-order valence-electron chi connectivity index (χ2n) is 4.15. The molecule has 2 heterocycles. The van der Waals surface area contributed by atoms with Gasteiger partial charge in [-0.05, 0) is 6.92 Å². The van der Waals surface area contributed by atoms with Crippen LogP contribution in [0.5, 0.6) is 0 Å². The number of sulfonamides is 1. The van der Waals surface area contributed by atoms with E-state index in [1.165, 1.54) is 16.9 Å². The second kappa shape index (κ2) is 6.81. The number of hydrogen-bond donors (Lipinski definition) is 1. The third-order valence-electron chi connectivity index (χ3n) is 2.90. The molecule has 0 amide bonds. The second-order valence-corrected chi connectivity index (χ2v) is 7.09. The van der Waals surface area contributed by atoms with Crippen LogP contribution in [-0.2, 0) is 14.8 Å². The zero-order chi connectivity index (χ0) is 14.0. The minimum absolute atomic E-state index is 0. The molecule has 0 spiro atoms. The molecule has 1 saturated heterocycles. The molecule has 1 fully saturated rings. The van der Waals surface area contributed by atoms with Gasteiger partial charge in [0.2, 0.25) is 0 Å². The summed E-state index contributed by atoms with van der Waals surface area (Å²) in [4.78, 5) is 15.3. The van der Waals surface area contributed by atoms with E-state index in [0.717, 1.165) is 11.3 Å². The molecule has 0 bridgehead atoms. The van der Waals surface area contributed by atoms with Crippen molar-refractivity contribution in [2.45, 2.75) is 17.2 Å². The summed E-state index contributed by atoms with van der Waals surface area (Å²) in [5.41, 5.74) is 1.20. The summed E-state index contributed by atoms with van der Waals surface area (Å²) in [5, 5.41) is 3.12. The van der Waals surface area contributed by atoms with Crippen molar-refractivity contribution >= 4 is 39.7 Å². The number of halogens is 1. The number of nitrogens with zero attached hydrogens (tertiary/aromatic N) is 2. The number of piperazine rings is 1. The molecular formula is C10H16ClN3O4S2. The van der Waals surface area contributed by atoms with Crippen molar-refractivity contribution in [3.8, 4) is 0 Å². The normalized spacial score (nSPS) is 20.2. The Morgan fingerprint density at radius 3 is 2.90 bits per heavy atom. The largest absolute Gasteiger partial charge is 0.464 e. The highest BCUT2D eigenvalue weighted by Crippen LogP contribution is 2.26. The lowest BCUT2D eigenvalue weighted by Gasteiger charge is -2.32. The number of ether oxygens (including phenoxy) is 1. The van der Waals surface area contributed by atoms with E-state index in [-0.39, 0.29) is 28.4 Å². The van der Waals surface area contributed by atoms with Gasteiger partial charge in [-0.1, -0.05) is 0 Å². The lowest BCUT2D eigenvalue weighted by molar-refractivity contribution is 0.0590. The van der Waals surface area contributed by atoms with Crippen molar-refractivity contribution in [2.24, 2.45) is 0 Å². The monoisotopic (exact) mass is 341 g/mol. The molecule has 0 radical (unpaired) electrons. The number of hydrogen-bond acceptors (Lipinski definition) is 7. The fourth-order valence-corrected chi connectivity index (χ4v) is 4.81. The number of nitrogens with one attached hydrogen (secondary N) is 1. The molecule has 0 saturated carbocycles. The van der Waals surface area contributed by atoms with Crippen molar-refractivity contribution in [1.82, 2.24) is 14.6 Å². The SMILES string of the molecule is COC(=O)c1ncsc1S(=O)(=O)N1CCNCC1C.Cl. The molecule has 1 aliphatic rings. The summed E-state index contributed by atoms with van der Waals surface area (Å²) in [6.07, 6.45) is 0. The lowest BCUT2D eigenvalue weighted by atomic mass is 10.3. The van der Waals surface area contributed by atoms with E-state index in [1.807, 2.05) is 6.92 Å². The van der Waals surface area contributed by atoms with Crippen molar-refractivity contribution in [1.29, 1.82) is 0 Å². The lowest BCUT2D eigenvalue weighted by Crippen LogP contribution is -2.52. The van der Waals surface area contributed by atoms with Gasteiger partial charge in [0.15, 0.2) is 9.90 Å². The number of carbonyl (C=O) groups is 1. The van der Waals surface area contributed by atoms with Crippen LogP contribution in [-0.4, -0.2) is 56.5 Å². The maximum Gasteiger partial charge on any atom is 0.358 e. The molecule has 7 nitrogen and oxygen atoms in total. The van der Waals surface area contributed by atoms with Crippen LogP contribution in [0, 0.1) is 0 Å². The Hall–Kier alpha value is -0.740. The summed E-state index contributed by atoms with van der Waals surface area (Å²) in [6, 6.07) is -0.161. The zero-order valence-electron chi connectivity index (χ0n) is 11.0. The highest BCUT2D eigenvalue weighted by atomic mass is 35.5. The Bertz CT molecular complexity index is 575. The molecule has 0 aliphatic carbocycles. The number of methoxy groups -OCH3 is 1. The van der Waals surface area contributed by atoms with Gasteiger partial charge >= 0.3 is 5.97 Å². The number of aromatic nitrogens is 1. The van der Waals surface area contributed by atoms with Crippen LogP contribution >= 0.6 is 23.7 Å². The Labute approximate surface area is 127 Å². The van der Waals surface area contributed by atoms with E-state index < -0.39 is 16.0 Å². The molecule has 20 heavy (non-hydrogen) atoms. The highest BCUT2D eigenvalue weighted by Gasteiger charge is 2.35. The maximum absolute atomic E-state index is 12.6. The van der Waals surface area contributed by atoms with Gasteiger partial charge in [-0.15, -0.1) is 23.7 Å². The van der Waals surface area contributed by atoms with Gasteiger partial charge in [-0.2, -0.15) is 4.31 Å². The van der Waals surface area contributed by atoms with Crippen molar-refractivity contribution in [2.75, 3.05) is 26.7 Å². The first kappa shape index (κ1) is 17.3. The van der Waals surface area contributed by atoms with Gasteiger partial charge in [0.05, 0.1) is 12.6 Å². The minimum Gasteiger partial charge on any atom is -0.464 e. The predicted octanol–water partition coefficient (Wildman–Crippen LogP) is 0.334. The van der Waals surface area contributed by atoms with E-state index in [9.17, 15) is 13.2 Å². The van der Waals surface area contributed by atoms with Crippen LogP contribution in [0.2, 0.25) is 0 Å². The smallest absolute Gasteiger partial charge is 0.358 e. The van der Waals surface area contributed by atoms with E-state index in [2.05, 4.69) is 15.0 Å². The predicted molar refractivity (Wildman–Crippen MR) is 76.9 cm³/mol. The van der Waals surface area contributed by atoms with Crippen LogP contribution in [0.1, 0.15) is 17.4 Å². The van der Waals surface area contributed by atoms with E-state index in [4.69, 9.17) is 0 Å². The van der Waals surface area contributed by atoms with Crippen molar-refractivity contribution in [3.63, 3.8) is 0 Å². The Morgan fingerprint density at radius 2 is 2.30 bits per heavy atom. The molecule has 0 aromatic carbocycles. The third-order valence-corrected chi connectivity index (χ3v) is 6.26. The summed E-state index contributed by atoms with van der Waals surface area (Å²) in [5.74, 6) is -0.734. The Balaban J connectivity index is 0.00000200. The summed E-state index contributed by atoms with van der Waals surface area (Å²) in [6.45, 7) is 3.38. The zero-order valence-corrected chi connectivity index (χ0v) is 13.5. The van der Waals surface area contributed by atoms with Crippen LogP contribution in [0.3, 0.4) is 0 Å². The standard InChI is InChI=1S/C10H15N3O4S2.ClH/c1-7-5-11-3-4-13(7)19(15,16)10-8(9(14)17-2)12-6-18-10;/h6-7,11H,3-5H2,1-2H3;1H. The van der Waals surface area contributed by atoms with Crippen molar-refractivity contribution < 1.29 is 17.9 Å². The summed E-state index contributed by atoms with van der Waals surface area (Å²) >= 11 is 0.934. The number of carbonyl (C=O) groups excluding carboxylic acids is 1. The quantitative estimate of drug-likeness (QED) is 0.797. The first-order valence-electron chi connectivity index (χ1n) is 5.73. The van der Waals surface area contributed by atoms with Gasteiger partial charge < -0.3 is 10.1 Å². The Morgan fingerprint density at radius 1 is 1.60 bits per heavy atom. The van der Waals surface area contributed by atoms with E-state index in [1.54, 1.807) is 0 Å². The topological polar surface area (TPSA) is 88.6 Å². The fourth-order valence-electron chi connectivity index (χ4n) is 1.94. The number of rotatable bonds is 3. The molecule has 1 unspecified atom stereocenters. The number of esters is 1. The molecular weight excluding hydrogens is 326 g/mol. The first-order valence-corrected chi connectivity index (χ1v) is 8.05. The molecule has 1 N–H and O–H groups in total. The molecule has 114 valence electrons. The molecule has 10 heteroatoms. The molecule has 1 aromatic heterocycles. The van der Waals surface area contributed by atoms with Gasteiger partial charge in [0, 0.05) is 25.7 Å². The van der Waals surface area contributed by atoms with Gasteiger partial charge in [0.25, 0.3) is 10.0 Å². The first-order chi connectivity index (χ1) is 8.98. The average Bonchev–Trinajstić information content (AvgIpc) is 2.88. The fraction of sp³-hybridized carbons (Fsp3) is 0.600. The van der Waals surface area contributed by atoms with Crippen LogP contribution in [0.15, 0.2) is 9.72 Å². The van der Waals surface area contributed by atoms with Crippen LogP contribution in [0.4, 0.5) is 0 Å². The van der Waals surface area contributed by atoms with Crippen LogP contribution < -0.4 is 5.32 Å². The van der Waals surface area contributed by atoms with Gasteiger partial charge in [-0.25, -0.2) is 18.2 Å². The summed E-state index contributed by atoms with van der Waals surface area (Å²) in [7, 11) is -2.51. The molecule has 2 rings (SSSR count). The average molecular weight is 342 g/mol. The molecule has 1 aliphatic heterocycles. The van der Waals surface area contributed by atoms with Gasteiger partial charge in [-0.3, -0.25) is 0 Å². The Kier molecular flexibility index (Phi) is 5.90. The molecule has 1 atom stereocenters. The van der Waals surface area contributed by atoms with Crippen molar-refractivity contribution in [3.05, 3.63) is 11.2 Å². The highest BCUT2D eigenvalue weighted by molar-refractivity contribution is 7.91. The van der Waals surface area contributed by atoms with E-state index in [0.29, 0.717) is 19.6 Å². The number of thiazole rings is 1. The van der Waals surface area contributed by atoms with E-state index >= 15 is 0 Å². The van der Waals surface area contributed by atoms with Crippen LogP contribution in [0.25, 0.3) is 0 Å². The van der Waals surface area contributed by atoms with Gasteiger partial charge in [0.1, 0.15) is 0 Å². The third kappa shape index (κ3) is 3.12. The molecule has 1 aromatic rings.